The molecule has 1 aromatic rings. The molecular formula is C14H18O4S. The van der Waals surface area contributed by atoms with Crippen molar-refractivity contribution in [3.05, 3.63) is 29.3 Å². The summed E-state index contributed by atoms with van der Waals surface area (Å²) in [5.41, 5.74) is 1.30. The van der Waals surface area contributed by atoms with Gasteiger partial charge in [0.1, 0.15) is 0 Å². The Kier molecular flexibility index (Phi) is 3.94. The highest BCUT2D eigenvalue weighted by atomic mass is 32.2. The fraction of sp³-hybridized carbons (Fsp3) is 0.500. The average Bonchev–Trinajstić information content (AvgIpc) is 2.89. The predicted octanol–water partition coefficient (Wildman–Crippen LogP) is 2.53. The van der Waals surface area contributed by atoms with Crippen molar-refractivity contribution in [1.82, 2.24) is 0 Å². The zero-order valence-corrected chi connectivity index (χ0v) is 12.0. The maximum absolute atomic E-state index is 11.9. The van der Waals surface area contributed by atoms with Gasteiger partial charge < -0.3 is 4.74 Å². The monoisotopic (exact) mass is 282 g/mol. The van der Waals surface area contributed by atoms with E-state index in [4.69, 9.17) is 4.74 Å². The second-order valence-corrected chi connectivity index (χ2v) is 7.01. The average molecular weight is 282 g/mol. The summed E-state index contributed by atoms with van der Waals surface area (Å²) in [6.45, 7) is 0. The maximum atomic E-state index is 11.9. The second-order valence-electron chi connectivity index (χ2n) is 4.99. The number of hydrogen-bond acceptors (Lipinski definition) is 4. The number of sulfone groups is 1. The lowest BCUT2D eigenvalue weighted by Gasteiger charge is -2.15. The molecule has 2 rings (SSSR count). The van der Waals surface area contributed by atoms with E-state index in [9.17, 15) is 13.2 Å². The Balaban J connectivity index is 2.51. The fourth-order valence-corrected chi connectivity index (χ4v) is 3.29. The smallest absolute Gasteiger partial charge is 0.338 e. The second kappa shape index (κ2) is 5.33. The van der Waals surface area contributed by atoms with E-state index in [1.54, 1.807) is 12.1 Å². The van der Waals surface area contributed by atoms with Crippen LogP contribution in [0.25, 0.3) is 0 Å². The van der Waals surface area contributed by atoms with Crippen molar-refractivity contribution in [3.8, 4) is 0 Å². The van der Waals surface area contributed by atoms with Crippen LogP contribution >= 0.6 is 0 Å². The van der Waals surface area contributed by atoms with E-state index in [1.807, 2.05) is 0 Å². The molecule has 0 N–H and O–H groups in total. The van der Waals surface area contributed by atoms with Gasteiger partial charge in [-0.3, -0.25) is 0 Å². The Morgan fingerprint density at radius 1 is 1.26 bits per heavy atom. The van der Waals surface area contributed by atoms with Gasteiger partial charge in [0.15, 0.2) is 9.84 Å². The molecule has 0 heterocycles. The van der Waals surface area contributed by atoms with E-state index in [1.165, 1.54) is 13.2 Å². The molecule has 104 valence electrons. The zero-order chi connectivity index (χ0) is 14.0. The van der Waals surface area contributed by atoms with Crippen molar-refractivity contribution in [3.63, 3.8) is 0 Å². The summed E-state index contributed by atoms with van der Waals surface area (Å²) in [5.74, 6) is -0.130. The SMILES string of the molecule is COC(=O)c1cc(S(C)(=O)=O)ccc1C1CCCC1. The first-order valence-corrected chi connectivity index (χ1v) is 8.25. The van der Waals surface area contributed by atoms with Gasteiger partial charge in [0.2, 0.25) is 0 Å². The third-order valence-corrected chi connectivity index (χ3v) is 4.76. The van der Waals surface area contributed by atoms with Crippen LogP contribution in [0, 0.1) is 0 Å². The minimum absolute atomic E-state index is 0.162. The first-order chi connectivity index (χ1) is 8.93. The molecule has 0 saturated heterocycles. The maximum Gasteiger partial charge on any atom is 0.338 e. The van der Waals surface area contributed by atoms with Crippen LogP contribution in [0.4, 0.5) is 0 Å². The van der Waals surface area contributed by atoms with E-state index >= 15 is 0 Å². The molecule has 1 aliphatic carbocycles. The molecule has 0 bridgehead atoms. The quantitative estimate of drug-likeness (QED) is 0.799. The number of carbonyl (C=O) groups excluding carboxylic acids is 1. The van der Waals surface area contributed by atoms with E-state index in [-0.39, 0.29) is 4.90 Å². The van der Waals surface area contributed by atoms with Crippen LogP contribution < -0.4 is 0 Å². The molecule has 0 radical (unpaired) electrons. The summed E-state index contributed by atoms with van der Waals surface area (Å²) in [7, 11) is -2.00. The predicted molar refractivity (Wildman–Crippen MR) is 72.1 cm³/mol. The van der Waals surface area contributed by atoms with Crippen LogP contribution in [-0.2, 0) is 14.6 Å². The van der Waals surface area contributed by atoms with Gasteiger partial charge in [-0.15, -0.1) is 0 Å². The fourth-order valence-electron chi connectivity index (χ4n) is 2.65. The number of carbonyl (C=O) groups is 1. The van der Waals surface area contributed by atoms with Crippen molar-refractivity contribution in [1.29, 1.82) is 0 Å². The molecular weight excluding hydrogens is 264 g/mol. The molecule has 4 nitrogen and oxygen atoms in total. The van der Waals surface area contributed by atoms with Crippen LogP contribution in [0.1, 0.15) is 47.5 Å². The summed E-state index contributed by atoms with van der Waals surface area (Å²) in [4.78, 5) is 12.0. The first kappa shape index (κ1) is 14.1. The Hall–Kier alpha value is -1.36. The van der Waals surface area contributed by atoms with Gasteiger partial charge in [-0.1, -0.05) is 18.9 Å². The largest absolute Gasteiger partial charge is 0.465 e. The standard InChI is InChI=1S/C14H18O4S/c1-18-14(15)13-9-11(19(2,16)17)7-8-12(13)10-5-3-4-6-10/h7-10H,3-6H2,1-2H3. The Morgan fingerprint density at radius 3 is 2.42 bits per heavy atom. The van der Waals surface area contributed by atoms with Crippen LogP contribution in [0.2, 0.25) is 0 Å². The normalized spacial score (nSPS) is 16.5. The summed E-state index contributed by atoms with van der Waals surface area (Å²) < 4.78 is 27.9. The van der Waals surface area contributed by atoms with E-state index in [0.29, 0.717) is 11.5 Å². The van der Waals surface area contributed by atoms with Crippen molar-refractivity contribution >= 4 is 15.8 Å². The van der Waals surface area contributed by atoms with Gasteiger partial charge >= 0.3 is 5.97 Å². The molecule has 1 aliphatic rings. The van der Waals surface area contributed by atoms with Gasteiger partial charge in [-0.25, -0.2) is 13.2 Å². The summed E-state index contributed by atoms with van der Waals surface area (Å²) in [6.07, 6.45) is 5.53. The van der Waals surface area contributed by atoms with Crippen molar-refractivity contribution < 1.29 is 17.9 Å². The van der Waals surface area contributed by atoms with Crippen LogP contribution in [0.15, 0.2) is 23.1 Å². The molecule has 0 amide bonds. The van der Waals surface area contributed by atoms with Gasteiger partial charge in [0.25, 0.3) is 0 Å². The van der Waals surface area contributed by atoms with Crippen LogP contribution in [-0.4, -0.2) is 27.8 Å². The Morgan fingerprint density at radius 2 is 1.89 bits per heavy atom. The number of benzene rings is 1. The zero-order valence-electron chi connectivity index (χ0n) is 11.2. The van der Waals surface area contributed by atoms with Crippen molar-refractivity contribution in [2.75, 3.05) is 13.4 Å². The molecule has 1 saturated carbocycles. The summed E-state index contributed by atoms with van der Waals surface area (Å²) >= 11 is 0. The molecule has 1 aromatic carbocycles. The van der Waals surface area contributed by atoms with E-state index in [2.05, 4.69) is 0 Å². The minimum Gasteiger partial charge on any atom is -0.465 e. The summed E-state index contributed by atoms with van der Waals surface area (Å²) in [5, 5.41) is 0. The number of methoxy groups -OCH3 is 1. The van der Waals surface area contributed by atoms with Gasteiger partial charge in [0, 0.05) is 6.26 Å². The molecule has 0 unspecified atom stereocenters. The van der Waals surface area contributed by atoms with Gasteiger partial charge in [-0.2, -0.15) is 0 Å². The van der Waals surface area contributed by atoms with Gasteiger partial charge in [-0.05, 0) is 36.5 Å². The van der Waals surface area contributed by atoms with Crippen molar-refractivity contribution in [2.24, 2.45) is 0 Å². The number of hydrogen-bond donors (Lipinski definition) is 0. The molecule has 0 atom stereocenters. The molecule has 1 fully saturated rings. The Labute approximate surface area is 113 Å². The number of ether oxygens (including phenoxy) is 1. The lowest BCUT2D eigenvalue weighted by Crippen LogP contribution is -2.10. The molecule has 5 heteroatoms. The van der Waals surface area contributed by atoms with Crippen molar-refractivity contribution in [2.45, 2.75) is 36.5 Å². The molecule has 0 spiro atoms. The third kappa shape index (κ3) is 2.97. The highest BCUT2D eigenvalue weighted by Crippen LogP contribution is 2.36. The number of esters is 1. The first-order valence-electron chi connectivity index (χ1n) is 6.36. The minimum atomic E-state index is -3.32. The van der Waals surface area contributed by atoms with E-state index in [0.717, 1.165) is 37.5 Å². The topological polar surface area (TPSA) is 60.4 Å². The van der Waals surface area contributed by atoms with Crippen LogP contribution in [0.3, 0.4) is 0 Å². The molecule has 0 aromatic heterocycles. The third-order valence-electron chi connectivity index (χ3n) is 3.65. The highest BCUT2D eigenvalue weighted by Gasteiger charge is 2.24. The summed E-state index contributed by atoms with van der Waals surface area (Å²) in [6, 6.07) is 4.78. The van der Waals surface area contributed by atoms with E-state index < -0.39 is 15.8 Å². The van der Waals surface area contributed by atoms with Crippen LogP contribution in [0.5, 0.6) is 0 Å². The Bertz CT molecular complexity index is 583. The highest BCUT2D eigenvalue weighted by molar-refractivity contribution is 7.90. The molecule has 19 heavy (non-hydrogen) atoms. The lowest BCUT2D eigenvalue weighted by atomic mass is 9.93. The number of rotatable bonds is 3. The van der Waals surface area contributed by atoms with Gasteiger partial charge in [0.05, 0.1) is 17.6 Å². The molecule has 0 aliphatic heterocycles. The lowest BCUT2D eigenvalue weighted by molar-refractivity contribution is 0.0598.